The first-order valence-corrected chi connectivity index (χ1v) is 12.3. The van der Waals surface area contributed by atoms with Gasteiger partial charge in [-0.2, -0.15) is 4.31 Å². The van der Waals surface area contributed by atoms with Crippen molar-refractivity contribution in [3.63, 3.8) is 0 Å². The van der Waals surface area contributed by atoms with Gasteiger partial charge in [0.15, 0.2) is 0 Å². The van der Waals surface area contributed by atoms with Crippen LogP contribution < -0.4 is 10.2 Å². The van der Waals surface area contributed by atoms with Gasteiger partial charge in [0, 0.05) is 63.0 Å². The standard InChI is InChI=1S/C23H26N4O5S/c1-17(28)25-11-13-26(14-12-25)33(31,32)21-8-2-5-18(15-21)23(30)24-19-6-3-7-20(16-19)27-10-4-9-22(27)29/h2-3,5-8,15-16H,4,9-14H2,1H3,(H,24,30). The Balaban J connectivity index is 1.48. The van der Waals surface area contributed by atoms with Gasteiger partial charge in [-0.3, -0.25) is 14.4 Å². The molecule has 2 fully saturated rings. The molecule has 0 aliphatic carbocycles. The van der Waals surface area contributed by atoms with Crippen LogP contribution in [0.3, 0.4) is 0 Å². The van der Waals surface area contributed by atoms with Crippen molar-refractivity contribution in [3.05, 3.63) is 54.1 Å². The number of sulfonamides is 1. The average Bonchev–Trinajstić information content (AvgIpc) is 3.25. The molecule has 9 nitrogen and oxygen atoms in total. The zero-order chi connectivity index (χ0) is 23.6. The Kier molecular flexibility index (Phi) is 6.48. The van der Waals surface area contributed by atoms with E-state index < -0.39 is 15.9 Å². The second-order valence-electron chi connectivity index (χ2n) is 8.09. The third-order valence-corrected chi connectivity index (χ3v) is 7.80. The number of nitrogens with zero attached hydrogens (tertiary/aromatic N) is 3. The molecule has 2 aromatic carbocycles. The van der Waals surface area contributed by atoms with Crippen molar-refractivity contribution in [3.8, 4) is 0 Å². The summed E-state index contributed by atoms with van der Waals surface area (Å²) in [6.07, 6.45) is 1.32. The Labute approximate surface area is 193 Å². The minimum Gasteiger partial charge on any atom is -0.340 e. The van der Waals surface area contributed by atoms with Crippen LogP contribution in [-0.2, 0) is 19.6 Å². The number of anilines is 2. The highest BCUT2D eigenvalue weighted by Gasteiger charge is 2.29. The van der Waals surface area contributed by atoms with Gasteiger partial charge in [0.25, 0.3) is 5.91 Å². The molecule has 1 N–H and O–H groups in total. The molecule has 0 unspecified atom stereocenters. The fourth-order valence-corrected chi connectivity index (χ4v) is 5.53. The van der Waals surface area contributed by atoms with Gasteiger partial charge < -0.3 is 15.1 Å². The van der Waals surface area contributed by atoms with E-state index in [4.69, 9.17) is 0 Å². The monoisotopic (exact) mass is 470 g/mol. The Hall–Kier alpha value is -3.24. The van der Waals surface area contributed by atoms with E-state index in [1.807, 2.05) is 6.07 Å². The first-order chi connectivity index (χ1) is 15.8. The predicted octanol–water partition coefficient (Wildman–Crippen LogP) is 1.92. The number of benzene rings is 2. The van der Waals surface area contributed by atoms with Crippen LogP contribution in [0.1, 0.15) is 30.1 Å². The maximum atomic E-state index is 13.1. The molecule has 2 saturated heterocycles. The Bertz CT molecular complexity index is 1190. The van der Waals surface area contributed by atoms with Crippen molar-refractivity contribution in [2.24, 2.45) is 0 Å². The molecular formula is C23H26N4O5S. The quantitative estimate of drug-likeness (QED) is 0.719. The first-order valence-electron chi connectivity index (χ1n) is 10.8. The largest absolute Gasteiger partial charge is 0.340 e. The summed E-state index contributed by atoms with van der Waals surface area (Å²) in [5.41, 5.74) is 1.45. The highest BCUT2D eigenvalue weighted by atomic mass is 32.2. The molecule has 2 aliphatic rings. The fraction of sp³-hybridized carbons (Fsp3) is 0.348. The minimum absolute atomic E-state index is 0.0304. The van der Waals surface area contributed by atoms with E-state index >= 15 is 0 Å². The number of amides is 3. The normalized spacial score (nSPS) is 17.3. The highest BCUT2D eigenvalue weighted by molar-refractivity contribution is 7.89. The summed E-state index contributed by atoms with van der Waals surface area (Å²) in [4.78, 5) is 39.7. The smallest absolute Gasteiger partial charge is 0.255 e. The number of rotatable bonds is 5. The summed E-state index contributed by atoms with van der Waals surface area (Å²) in [7, 11) is -3.79. The van der Waals surface area contributed by atoms with Gasteiger partial charge in [-0.1, -0.05) is 12.1 Å². The second kappa shape index (κ2) is 9.32. The van der Waals surface area contributed by atoms with E-state index in [0.717, 1.165) is 12.1 Å². The number of piperazine rings is 1. The van der Waals surface area contributed by atoms with E-state index in [-0.39, 0.29) is 35.4 Å². The first kappa shape index (κ1) is 22.9. The maximum Gasteiger partial charge on any atom is 0.255 e. The van der Waals surface area contributed by atoms with E-state index in [1.54, 1.807) is 34.1 Å². The lowest BCUT2D eigenvalue weighted by molar-refractivity contribution is -0.130. The highest BCUT2D eigenvalue weighted by Crippen LogP contribution is 2.25. The summed E-state index contributed by atoms with van der Waals surface area (Å²) >= 11 is 0. The molecule has 2 aromatic rings. The maximum absolute atomic E-state index is 13.1. The summed E-state index contributed by atoms with van der Waals surface area (Å²) < 4.78 is 27.5. The van der Waals surface area contributed by atoms with Crippen molar-refractivity contribution in [2.75, 3.05) is 42.9 Å². The van der Waals surface area contributed by atoms with Crippen LogP contribution in [0.25, 0.3) is 0 Å². The van der Waals surface area contributed by atoms with Gasteiger partial charge in [-0.25, -0.2) is 8.42 Å². The molecule has 2 aliphatic heterocycles. The lowest BCUT2D eigenvalue weighted by Crippen LogP contribution is -2.49. The molecule has 174 valence electrons. The van der Waals surface area contributed by atoms with Crippen molar-refractivity contribution in [1.29, 1.82) is 0 Å². The number of hydrogen-bond acceptors (Lipinski definition) is 5. The summed E-state index contributed by atoms with van der Waals surface area (Å²) in [6.45, 7) is 3.21. The number of hydrogen-bond donors (Lipinski definition) is 1. The molecule has 0 atom stereocenters. The zero-order valence-electron chi connectivity index (χ0n) is 18.4. The van der Waals surface area contributed by atoms with Crippen molar-refractivity contribution in [2.45, 2.75) is 24.7 Å². The zero-order valence-corrected chi connectivity index (χ0v) is 19.2. The Morgan fingerprint density at radius 2 is 1.67 bits per heavy atom. The van der Waals surface area contributed by atoms with Gasteiger partial charge in [0.2, 0.25) is 21.8 Å². The van der Waals surface area contributed by atoms with E-state index in [0.29, 0.717) is 31.7 Å². The molecule has 3 amide bonds. The molecule has 0 aromatic heterocycles. The molecule has 4 rings (SSSR count). The summed E-state index contributed by atoms with van der Waals surface area (Å²) in [5.74, 6) is -0.470. The van der Waals surface area contributed by atoms with Crippen molar-refractivity contribution < 1.29 is 22.8 Å². The summed E-state index contributed by atoms with van der Waals surface area (Å²) in [5, 5.41) is 2.78. The van der Waals surface area contributed by atoms with Crippen LogP contribution in [0.5, 0.6) is 0 Å². The topological polar surface area (TPSA) is 107 Å². The molecule has 0 radical (unpaired) electrons. The Morgan fingerprint density at radius 3 is 2.33 bits per heavy atom. The fourth-order valence-electron chi connectivity index (χ4n) is 4.07. The van der Waals surface area contributed by atoms with Gasteiger partial charge in [0.05, 0.1) is 4.90 Å². The van der Waals surface area contributed by atoms with E-state index in [9.17, 15) is 22.8 Å². The summed E-state index contributed by atoms with van der Waals surface area (Å²) in [6, 6.07) is 12.9. The van der Waals surface area contributed by atoms with Crippen LogP contribution in [0.15, 0.2) is 53.4 Å². The molecule has 0 bridgehead atoms. The SMILES string of the molecule is CC(=O)N1CCN(S(=O)(=O)c2cccc(C(=O)Nc3cccc(N4CCCC4=O)c3)c2)CC1. The van der Waals surface area contributed by atoms with Gasteiger partial charge in [0.1, 0.15) is 0 Å². The molecule has 0 saturated carbocycles. The number of nitrogens with one attached hydrogen (secondary N) is 1. The van der Waals surface area contributed by atoms with E-state index in [2.05, 4.69) is 5.32 Å². The molecule has 2 heterocycles. The second-order valence-corrected chi connectivity index (χ2v) is 10.0. The number of carbonyl (C=O) groups excluding carboxylic acids is 3. The lowest BCUT2D eigenvalue weighted by atomic mass is 10.2. The van der Waals surface area contributed by atoms with Crippen LogP contribution in [0, 0.1) is 0 Å². The van der Waals surface area contributed by atoms with E-state index in [1.165, 1.54) is 29.4 Å². The molecule has 0 spiro atoms. The van der Waals surface area contributed by atoms with Crippen LogP contribution >= 0.6 is 0 Å². The van der Waals surface area contributed by atoms with Gasteiger partial charge >= 0.3 is 0 Å². The lowest BCUT2D eigenvalue weighted by Gasteiger charge is -2.33. The van der Waals surface area contributed by atoms with Crippen molar-refractivity contribution in [1.82, 2.24) is 9.21 Å². The average molecular weight is 471 g/mol. The Morgan fingerprint density at radius 1 is 0.939 bits per heavy atom. The minimum atomic E-state index is -3.79. The molecule has 10 heteroatoms. The third kappa shape index (κ3) is 4.91. The predicted molar refractivity (Wildman–Crippen MR) is 123 cm³/mol. The van der Waals surface area contributed by atoms with Crippen molar-refractivity contribution >= 4 is 39.1 Å². The molecular weight excluding hydrogens is 444 g/mol. The van der Waals surface area contributed by atoms with Crippen LogP contribution in [-0.4, -0.2) is 68.1 Å². The van der Waals surface area contributed by atoms with Crippen LogP contribution in [0.2, 0.25) is 0 Å². The molecule has 33 heavy (non-hydrogen) atoms. The van der Waals surface area contributed by atoms with Gasteiger partial charge in [-0.05, 0) is 42.8 Å². The van der Waals surface area contributed by atoms with Gasteiger partial charge in [-0.15, -0.1) is 0 Å². The van der Waals surface area contributed by atoms with Crippen LogP contribution in [0.4, 0.5) is 11.4 Å². The number of carbonyl (C=O) groups is 3. The third-order valence-electron chi connectivity index (χ3n) is 5.91.